The van der Waals surface area contributed by atoms with Gasteiger partial charge in [-0.25, -0.2) is 27.7 Å². The highest BCUT2D eigenvalue weighted by atomic mass is 79.9. The Morgan fingerprint density at radius 3 is 2.88 bits per heavy atom. The lowest BCUT2D eigenvalue weighted by Gasteiger charge is -2.14. The molecule has 0 fully saturated rings. The maximum Gasteiger partial charge on any atom is 0.202 e. The Morgan fingerprint density at radius 2 is 2.27 bits per heavy atom. The molecular formula is C13H17BrFN7O3S. The Kier molecular flexibility index (Phi) is 6.63. The van der Waals surface area contributed by atoms with E-state index in [9.17, 15) is 13.8 Å². The first-order chi connectivity index (χ1) is 12.2. The Bertz CT molecular complexity index is 903. The summed E-state index contributed by atoms with van der Waals surface area (Å²) < 4.78 is 39.6. The van der Waals surface area contributed by atoms with E-state index < -0.39 is 15.7 Å². The van der Waals surface area contributed by atoms with Crippen LogP contribution in [0.2, 0.25) is 0 Å². The Balaban J connectivity index is 2.18. The molecule has 2 atom stereocenters. The highest BCUT2D eigenvalue weighted by molar-refractivity contribution is 9.10. The zero-order valence-electron chi connectivity index (χ0n) is 13.8. The van der Waals surface area contributed by atoms with Crippen LogP contribution in [0.5, 0.6) is 0 Å². The fourth-order valence-electron chi connectivity index (χ4n) is 1.95. The van der Waals surface area contributed by atoms with Crippen LogP contribution in [0.4, 0.5) is 15.9 Å². The topological polar surface area (TPSA) is 149 Å². The van der Waals surface area contributed by atoms with E-state index in [1.165, 1.54) is 24.5 Å². The second kappa shape index (κ2) is 8.53. The minimum absolute atomic E-state index is 0.0762. The number of halogens is 2. The smallest absolute Gasteiger partial charge is 0.202 e. The van der Waals surface area contributed by atoms with Crippen molar-refractivity contribution in [1.29, 1.82) is 4.78 Å². The largest absolute Gasteiger partial charge is 0.364 e. The predicted octanol–water partition coefficient (Wildman–Crippen LogP) is 2.01. The first-order valence-electron chi connectivity index (χ1n) is 7.21. The second-order valence-electron chi connectivity index (χ2n) is 5.38. The lowest BCUT2D eigenvalue weighted by molar-refractivity contribution is 0.234. The molecule has 13 heteroatoms. The number of hydrogen-bond donors (Lipinski definition) is 5. The Labute approximate surface area is 157 Å². The van der Waals surface area contributed by atoms with E-state index in [1.54, 1.807) is 6.92 Å². The lowest BCUT2D eigenvalue weighted by Crippen LogP contribution is -2.36. The molecule has 10 nitrogen and oxygen atoms in total. The molecule has 0 radical (unpaired) electrons. The highest BCUT2D eigenvalue weighted by Gasteiger charge is 2.17. The lowest BCUT2D eigenvalue weighted by atomic mass is 10.3. The molecule has 0 amide bonds. The number of benzene rings is 1. The van der Waals surface area contributed by atoms with E-state index in [4.69, 9.17) is 4.78 Å². The van der Waals surface area contributed by atoms with E-state index in [0.29, 0.717) is 5.69 Å². The zero-order chi connectivity index (χ0) is 19.3. The molecule has 0 bridgehead atoms. The maximum atomic E-state index is 13.3. The van der Waals surface area contributed by atoms with Crippen molar-refractivity contribution in [3.05, 3.63) is 34.2 Å². The molecule has 26 heavy (non-hydrogen) atoms. The standard InChI is InChI=1S/C13H17BrFN7O3S/c1-7(22-26(2,16)24)6-17-12-11(20-25-21-12)13(19-23)18-8-3-4-10(15)9(14)5-8/h3-5,7,23H,6H2,1-2H3,(H,17,21)(H,18,19)(H2,16,22,24). The summed E-state index contributed by atoms with van der Waals surface area (Å²) in [6.45, 7) is 1.99. The number of amidine groups is 1. The van der Waals surface area contributed by atoms with Gasteiger partial charge in [-0.3, -0.25) is 10.7 Å². The van der Waals surface area contributed by atoms with Crippen molar-refractivity contribution in [2.75, 3.05) is 18.1 Å². The monoisotopic (exact) mass is 449 g/mol. The number of anilines is 1. The van der Waals surface area contributed by atoms with Gasteiger partial charge < -0.3 is 5.32 Å². The van der Waals surface area contributed by atoms with E-state index >= 15 is 0 Å². The van der Waals surface area contributed by atoms with Crippen LogP contribution in [0.1, 0.15) is 12.6 Å². The number of nitrogens with zero attached hydrogens (tertiary/aromatic N) is 3. The molecule has 0 spiro atoms. The Hall–Kier alpha value is -2.09. The third kappa shape index (κ3) is 5.72. The van der Waals surface area contributed by atoms with Gasteiger partial charge >= 0.3 is 0 Å². The van der Waals surface area contributed by atoms with Crippen molar-refractivity contribution in [3.8, 4) is 0 Å². The molecule has 1 aromatic carbocycles. The normalized spacial score (nSPS) is 15.3. The fraction of sp³-hybridized carbons (Fsp3) is 0.308. The molecule has 142 valence electrons. The molecule has 5 N–H and O–H groups in total. The summed E-state index contributed by atoms with van der Waals surface area (Å²) in [4.78, 5) is 4.13. The maximum absolute atomic E-state index is 13.3. The van der Waals surface area contributed by atoms with Gasteiger partial charge in [0.15, 0.2) is 11.5 Å². The average Bonchev–Trinajstić information content (AvgIpc) is 3.00. The van der Waals surface area contributed by atoms with Crippen molar-refractivity contribution in [2.24, 2.45) is 4.99 Å². The van der Waals surface area contributed by atoms with Gasteiger partial charge in [0, 0.05) is 18.8 Å². The Morgan fingerprint density at radius 1 is 1.54 bits per heavy atom. The van der Waals surface area contributed by atoms with Gasteiger partial charge in [0.2, 0.25) is 5.82 Å². The van der Waals surface area contributed by atoms with Crippen LogP contribution in [-0.4, -0.2) is 44.4 Å². The summed E-state index contributed by atoms with van der Waals surface area (Å²) in [6.07, 6.45) is 1.27. The molecule has 0 aliphatic carbocycles. The van der Waals surface area contributed by atoms with Crippen molar-refractivity contribution < 1.29 is 18.4 Å². The summed E-state index contributed by atoms with van der Waals surface area (Å²) in [5.74, 6) is -0.350. The van der Waals surface area contributed by atoms with Gasteiger partial charge in [0.1, 0.15) is 15.7 Å². The number of aliphatic imine (C=N–C) groups is 1. The summed E-state index contributed by atoms with van der Waals surface area (Å²) in [5, 5.41) is 19.6. The average molecular weight is 450 g/mol. The van der Waals surface area contributed by atoms with E-state index in [0.717, 1.165) is 0 Å². The van der Waals surface area contributed by atoms with Crippen molar-refractivity contribution in [3.63, 3.8) is 0 Å². The summed E-state index contributed by atoms with van der Waals surface area (Å²) >= 11 is 3.05. The van der Waals surface area contributed by atoms with Crippen LogP contribution in [0.3, 0.4) is 0 Å². The molecule has 0 aliphatic heterocycles. The first-order valence-corrected chi connectivity index (χ1v) is 9.97. The van der Waals surface area contributed by atoms with Gasteiger partial charge in [0.05, 0.1) is 10.2 Å². The van der Waals surface area contributed by atoms with Crippen molar-refractivity contribution in [1.82, 2.24) is 20.5 Å². The van der Waals surface area contributed by atoms with Gasteiger partial charge in [-0.05, 0) is 51.4 Å². The molecule has 1 aromatic heterocycles. The minimum Gasteiger partial charge on any atom is -0.364 e. The van der Waals surface area contributed by atoms with Gasteiger partial charge in [-0.2, -0.15) is 0 Å². The van der Waals surface area contributed by atoms with Crippen LogP contribution in [-0.2, 0) is 9.92 Å². The third-order valence-corrected chi connectivity index (χ3v) is 4.42. The number of hydrogen-bond acceptors (Lipinski definition) is 8. The minimum atomic E-state index is -2.85. The first kappa shape index (κ1) is 20.2. The SMILES string of the molecule is CC(CNc1nonc1C(=Nc1ccc(F)c(Br)c1)NO)NS(C)(=N)=O. The fourth-order valence-corrected chi connectivity index (χ4v) is 3.17. The molecule has 0 aliphatic rings. The van der Waals surface area contributed by atoms with Crippen LogP contribution >= 0.6 is 15.9 Å². The molecule has 2 aromatic rings. The van der Waals surface area contributed by atoms with Gasteiger partial charge in [-0.15, -0.1) is 0 Å². The predicted molar refractivity (Wildman–Crippen MR) is 97.4 cm³/mol. The molecule has 0 saturated carbocycles. The van der Waals surface area contributed by atoms with E-state index in [1.807, 2.05) is 5.48 Å². The van der Waals surface area contributed by atoms with Crippen LogP contribution in [0.25, 0.3) is 0 Å². The van der Waals surface area contributed by atoms with Crippen LogP contribution < -0.4 is 15.5 Å². The van der Waals surface area contributed by atoms with E-state index in [2.05, 4.69) is 45.9 Å². The summed E-state index contributed by atoms with van der Waals surface area (Å²) in [5.41, 5.74) is 2.33. The third-order valence-electron chi connectivity index (χ3n) is 2.96. The molecular weight excluding hydrogens is 433 g/mol. The van der Waals surface area contributed by atoms with Gasteiger partial charge in [-0.1, -0.05) is 0 Å². The highest BCUT2D eigenvalue weighted by Crippen LogP contribution is 2.23. The van der Waals surface area contributed by atoms with Crippen molar-refractivity contribution >= 4 is 43.2 Å². The van der Waals surface area contributed by atoms with Gasteiger partial charge in [0.25, 0.3) is 0 Å². The molecule has 2 unspecified atom stereocenters. The van der Waals surface area contributed by atoms with E-state index in [-0.39, 0.29) is 34.4 Å². The molecule has 1 heterocycles. The number of rotatable bonds is 7. The summed E-state index contributed by atoms with van der Waals surface area (Å²) in [7, 11) is -2.85. The van der Waals surface area contributed by atoms with Crippen LogP contribution in [0, 0.1) is 10.6 Å². The molecule has 0 saturated heterocycles. The quantitative estimate of drug-likeness (QED) is 0.246. The van der Waals surface area contributed by atoms with Crippen molar-refractivity contribution in [2.45, 2.75) is 13.0 Å². The number of nitrogens with one attached hydrogen (secondary N) is 4. The second-order valence-corrected chi connectivity index (χ2v) is 8.15. The number of aromatic nitrogens is 2. The van der Waals surface area contributed by atoms with Crippen LogP contribution in [0.15, 0.2) is 32.3 Å². The molecule has 2 rings (SSSR count). The number of hydroxylamine groups is 1. The summed E-state index contributed by atoms with van der Waals surface area (Å²) in [6, 6.07) is 3.74. The zero-order valence-corrected chi connectivity index (χ0v) is 16.2.